The molecule has 0 aliphatic heterocycles. The zero-order chi connectivity index (χ0) is 10.5. The van der Waals surface area contributed by atoms with Crippen molar-refractivity contribution < 1.29 is 8.42 Å². The lowest BCUT2D eigenvalue weighted by atomic mass is 10.2. The largest absolute Gasteiger partial charge is 0.229 e. The van der Waals surface area contributed by atoms with E-state index in [0.717, 1.165) is 0 Å². The van der Waals surface area contributed by atoms with Crippen LogP contribution in [0.3, 0.4) is 0 Å². The minimum atomic E-state index is -2.93. The maximum Gasteiger partial charge on any atom is 0.152 e. The molecule has 0 fully saturated rings. The summed E-state index contributed by atoms with van der Waals surface area (Å²) in [6.07, 6.45) is 0.563. The van der Waals surface area contributed by atoms with E-state index in [0.29, 0.717) is 18.2 Å². The molecule has 0 rings (SSSR count). The Hall–Kier alpha value is 0.530. The second-order valence-electron chi connectivity index (χ2n) is 3.38. The Morgan fingerprint density at radius 2 is 1.62 bits per heavy atom. The number of rotatable bonds is 6. The Balaban J connectivity index is 4.01. The predicted octanol–water partition coefficient (Wildman–Crippen LogP) is 2.29. The van der Waals surface area contributed by atoms with Gasteiger partial charge in [0.1, 0.15) is 0 Å². The summed E-state index contributed by atoms with van der Waals surface area (Å²) in [6, 6.07) is 0. The van der Waals surface area contributed by atoms with Crippen LogP contribution in [0.1, 0.15) is 20.3 Å². The van der Waals surface area contributed by atoms with Gasteiger partial charge in [0.25, 0.3) is 0 Å². The molecule has 80 valence electrons. The lowest BCUT2D eigenvalue weighted by Gasteiger charge is -2.11. The molecule has 0 amide bonds. The Morgan fingerprint density at radius 3 is 1.92 bits per heavy atom. The van der Waals surface area contributed by atoms with E-state index in [1.807, 2.05) is 0 Å². The van der Waals surface area contributed by atoms with E-state index in [4.69, 9.17) is 23.2 Å². The quantitative estimate of drug-likeness (QED) is 0.675. The second kappa shape index (κ2) is 6.10. The van der Waals surface area contributed by atoms with Gasteiger partial charge in [0.15, 0.2) is 9.84 Å². The first kappa shape index (κ1) is 13.5. The summed E-state index contributed by atoms with van der Waals surface area (Å²) in [5.41, 5.74) is 0. The van der Waals surface area contributed by atoms with E-state index >= 15 is 0 Å². The Bertz CT molecular complexity index is 220. The first-order valence-electron chi connectivity index (χ1n) is 4.27. The van der Waals surface area contributed by atoms with Crippen LogP contribution in [-0.4, -0.2) is 31.2 Å². The molecule has 0 saturated carbocycles. The minimum absolute atomic E-state index is 0.108. The summed E-state index contributed by atoms with van der Waals surface area (Å²) >= 11 is 11.2. The van der Waals surface area contributed by atoms with Gasteiger partial charge < -0.3 is 0 Å². The van der Waals surface area contributed by atoms with Crippen molar-refractivity contribution in [3.8, 4) is 0 Å². The monoisotopic (exact) mass is 246 g/mol. The molecule has 0 spiro atoms. The van der Waals surface area contributed by atoms with Crippen LogP contribution in [0.4, 0.5) is 0 Å². The van der Waals surface area contributed by atoms with Crippen molar-refractivity contribution in [3.63, 3.8) is 0 Å². The van der Waals surface area contributed by atoms with Gasteiger partial charge in [0, 0.05) is 11.8 Å². The molecular formula is C8H16Cl2O2S. The first-order valence-corrected chi connectivity index (χ1v) is 7.06. The van der Waals surface area contributed by atoms with Gasteiger partial charge in [-0.15, -0.1) is 23.2 Å². The lowest BCUT2D eigenvalue weighted by molar-refractivity contribution is 0.570. The molecule has 0 radical (unpaired) electrons. The highest BCUT2D eigenvalue weighted by Crippen LogP contribution is 2.12. The SMILES string of the molecule is CC(C)S(=O)(=O)CCC(CCl)CCl. The molecule has 0 unspecified atom stereocenters. The van der Waals surface area contributed by atoms with E-state index in [1.54, 1.807) is 13.8 Å². The fourth-order valence-electron chi connectivity index (χ4n) is 0.762. The number of halogens is 2. The number of hydrogen-bond acceptors (Lipinski definition) is 2. The average molecular weight is 247 g/mol. The molecule has 0 bridgehead atoms. The van der Waals surface area contributed by atoms with Gasteiger partial charge in [-0.05, 0) is 26.2 Å². The van der Waals surface area contributed by atoms with Crippen LogP contribution in [0.15, 0.2) is 0 Å². The van der Waals surface area contributed by atoms with Gasteiger partial charge in [-0.2, -0.15) is 0 Å². The summed E-state index contributed by atoms with van der Waals surface area (Å²) in [7, 11) is -2.93. The van der Waals surface area contributed by atoms with Crippen molar-refractivity contribution >= 4 is 33.0 Å². The van der Waals surface area contributed by atoms with Gasteiger partial charge in [-0.25, -0.2) is 8.42 Å². The topological polar surface area (TPSA) is 34.1 Å². The molecular weight excluding hydrogens is 231 g/mol. The van der Waals surface area contributed by atoms with Crippen molar-refractivity contribution in [2.45, 2.75) is 25.5 Å². The Morgan fingerprint density at radius 1 is 1.15 bits per heavy atom. The average Bonchev–Trinajstić information content (AvgIpc) is 2.06. The molecule has 5 heteroatoms. The molecule has 0 aliphatic rings. The van der Waals surface area contributed by atoms with Gasteiger partial charge in [-0.3, -0.25) is 0 Å². The first-order chi connectivity index (χ1) is 5.94. The normalized spacial score (nSPS) is 12.8. The van der Waals surface area contributed by atoms with Gasteiger partial charge in [-0.1, -0.05) is 0 Å². The van der Waals surface area contributed by atoms with Crippen molar-refractivity contribution in [1.29, 1.82) is 0 Å². The predicted molar refractivity (Wildman–Crippen MR) is 58.5 cm³/mol. The maximum atomic E-state index is 11.4. The summed E-state index contributed by atoms with van der Waals surface area (Å²) in [6.45, 7) is 3.37. The van der Waals surface area contributed by atoms with E-state index in [-0.39, 0.29) is 16.9 Å². The summed E-state index contributed by atoms with van der Waals surface area (Å²) in [5.74, 6) is 1.15. The fourth-order valence-corrected chi connectivity index (χ4v) is 2.53. The zero-order valence-electron chi connectivity index (χ0n) is 7.96. The highest BCUT2D eigenvalue weighted by atomic mass is 35.5. The number of alkyl halides is 2. The molecule has 0 atom stereocenters. The van der Waals surface area contributed by atoms with Crippen LogP contribution in [0, 0.1) is 5.92 Å². The molecule has 0 heterocycles. The molecule has 0 aliphatic carbocycles. The van der Waals surface area contributed by atoms with E-state index in [1.165, 1.54) is 0 Å². The molecule has 13 heavy (non-hydrogen) atoms. The van der Waals surface area contributed by atoms with Crippen LogP contribution in [0.5, 0.6) is 0 Å². The van der Waals surface area contributed by atoms with E-state index < -0.39 is 9.84 Å². The van der Waals surface area contributed by atoms with Crippen LogP contribution < -0.4 is 0 Å². The van der Waals surface area contributed by atoms with Crippen LogP contribution in [0.2, 0.25) is 0 Å². The van der Waals surface area contributed by atoms with Crippen LogP contribution >= 0.6 is 23.2 Å². The van der Waals surface area contributed by atoms with Crippen molar-refractivity contribution in [3.05, 3.63) is 0 Å². The molecule has 0 N–H and O–H groups in total. The Labute approximate surface area is 90.5 Å². The fraction of sp³-hybridized carbons (Fsp3) is 1.00. The molecule has 0 aromatic rings. The third-order valence-corrected chi connectivity index (χ3v) is 5.08. The molecule has 0 aromatic carbocycles. The number of sulfone groups is 1. The third-order valence-electron chi connectivity index (χ3n) is 1.97. The standard InChI is InChI=1S/C8H16Cl2O2S/c1-7(2)13(11,12)4-3-8(5-9)6-10/h7-8H,3-6H2,1-2H3. The maximum absolute atomic E-state index is 11.4. The Kier molecular flexibility index (Phi) is 6.34. The molecule has 2 nitrogen and oxygen atoms in total. The van der Waals surface area contributed by atoms with Crippen LogP contribution in [-0.2, 0) is 9.84 Å². The van der Waals surface area contributed by atoms with E-state index in [2.05, 4.69) is 0 Å². The summed E-state index contributed by atoms with van der Waals surface area (Å²) in [4.78, 5) is 0. The van der Waals surface area contributed by atoms with Gasteiger partial charge >= 0.3 is 0 Å². The third kappa shape index (κ3) is 5.08. The van der Waals surface area contributed by atoms with Crippen molar-refractivity contribution in [2.75, 3.05) is 17.5 Å². The zero-order valence-corrected chi connectivity index (χ0v) is 10.3. The minimum Gasteiger partial charge on any atom is -0.229 e. The van der Waals surface area contributed by atoms with E-state index in [9.17, 15) is 8.42 Å². The van der Waals surface area contributed by atoms with Gasteiger partial charge in [0.05, 0.1) is 11.0 Å². The second-order valence-corrected chi connectivity index (χ2v) is 6.67. The highest BCUT2D eigenvalue weighted by Gasteiger charge is 2.18. The lowest BCUT2D eigenvalue weighted by Crippen LogP contribution is -2.20. The molecule has 0 saturated heterocycles. The van der Waals surface area contributed by atoms with Crippen molar-refractivity contribution in [2.24, 2.45) is 5.92 Å². The summed E-state index contributed by atoms with van der Waals surface area (Å²) in [5, 5.41) is -0.307. The van der Waals surface area contributed by atoms with Crippen LogP contribution in [0.25, 0.3) is 0 Å². The number of hydrogen-bond donors (Lipinski definition) is 0. The highest BCUT2D eigenvalue weighted by molar-refractivity contribution is 7.91. The smallest absolute Gasteiger partial charge is 0.152 e. The van der Waals surface area contributed by atoms with Gasteiger partial charge in [0.2, 0.25) is 0 Å². The van der Waals surface area contributed by atoms with Crippen molar-refractivity contribution in [1.82, 2.24) is 0 Å². The molecule has 0 aromatic heterocycles. The summed E-state index contributed by atoms with van der Waals surface area (Å²) < 4.78 is 22.8.